The lowest BCUT2D eigenvalue weighted by atomic mass is 10.1. The Morgan fingerprint density at radius 3 is 2.56 bits per heavy atom. The Labute approximate surface area is 154 Å². The summed E-state index contributed by atoms with van der Waals surface area (Å²) in [6.45, 7) is 0.534. The molecule has 1 amide bonds. The van der Waals surface area contributed by atoms with E-state index in [0.717, 1.165) is 30.7 Å². The molecular formula is C19H27ClN2O3. The summed E-state index contributed by atoms with van der Waals surface area (Å²) in [5, 5.41) is 11.6. The van der Waals surface area contributed by atoms with Gasteiger partial charge in [0.25, 0.3) is 0 Å². The molecule has 0 saturated heterocycles. The van der Waals surface area contributed by atoms with Crippen LogP contribution in [0.15, 0.2) is 35.3 Å². The summed E-state index contributed by atoms with van der Waals surface area (Å²) in [6, 6.07) is 8.99. The first-order valence-electron chi connectivity index (χ1n) is 9.01. The molecule has 0 saturated carbocycles. The SMILES string of the molecule is O=C(O)NC(C1=NC(CCCCCCCCCl)CO1)c1ccccc1. The van der Waals surface area contributed by atoms with Gasteiger partial charge in [-0.2, -0.15) is 0 Å². The molecular weight excluding hydrogens is 340 g/mol. The Balaban J connectivity index is 1.82. The summed E-state index contributed by atoms with van der Waals surface area (Å²) in [5.74, 6) is 1.23. The Morgan fingerprint density at radius 1 is 1.20 bits per heavy atom. The van der Waals surface area contributed by atoms with Crippen molar-refractivity contribution in [3.05, 3.63) is 35.9 Å². The minimum Gasteiger partial charge on any atom is -0.477 e. The van der Waals surface area contributed by atoms with E-state index in [1.807, 2.05) is 30.3 Å². The molecule has 5 nitrogen and oxygen atoms in total. The molecule has 0 aromatic heterocycles. The first kappa shape index (κ1) is 19.6. The first-order valence-corrected chi connectivity index (χ1v) is 9.55. The van der Waals surface area contributed by atoms with Crippen molar-refractivity contribution < 1.29 is 14.6 Å². The van der Waals surface area contributed by atoms with Crippen LogP contribution < -0.4 is 5.32 Å². The van der Waals surface area contributed by atoms with Crippen LogP contribution in [0.3, 0.4) is 0 Å². The van der Waals surface area contributed by atoms with Gasteiger partial charge in [-0.25, -0.2) is 9.79 Å². The summed E-state index contributed by atoms with van der Waals surface area (Å²) in [4.78, 5) is 15.7. The Bertz CT molecular complexity index is 551. The molecule has 6 heteroatoms. The number of halogens is 1. The predicted octanol–water partition coefficient (Wildman–Crippen LogP) is 4.76. The third-order valence-corrected chi connectivity index (χ3v) is 4.57. The normalized spacial score (nSPS) is 17.6. The fraction of sp³-hybridized carbons (Fsp3) is 0.579. The van der Waals surface area contributed by atoms with Crippen molar-refractivity contribution >= 4 is 23.6 Å². The van der Waals surface area contributed by atoms with Gasteiger partial charge in [0.2, 0.25) is 5.90 Å². The quantitative estimate of drug-likeness (QED) is 0.438. The van der Waals surface area contributed by atoms with E-state index in [4.69, 9.17) is 21.4 Å². The van der Waals surface area contributed by atoms with Crippen LogP contribution in [0.2, 0.25) is 0 Å². The summed E-state index contributed by atoms with van der Waals surface area (Å²) >= 11 is 5.67. The minimum atomic E-state index is -1.08. The van der Waals surface area contributed by atoms with Crippen molar-refractivity contribution in [1.82, 2.24) is 5.32 Å². The summed E-state index contributed by atoms with van der Waals surface area (Å²) in [5.41, 5.74) is 0.837. The number of hydrogen-bond acceptors (Lipinski definition) is 3. The highest BCUT2D eigenvalue weighted by Gasteiger charge is 2.28. The number of unbranched alkanes of at least 4 members (excludes halogenated alkanes) is 5. The lowest BCUT2D eigenvalue weighted by molar-refractivity contribution is 0.191. The standard InChI is InChI=1S/C19H27ClN2O3/c20-13-9-4-2-1-3-8-12-16-14-25-18(21-16)17(22-19(23)24)15-10-6-5-7-11-15/h5-7,10-11,16-17,22H,1-4,8-9,12-14H2,(H,23,24). The van der Waals surface area contributed by atoms with E-state index in [0.29, 0.717) is 12.5 Å². The Morgan fingerprint density at radius 2 is 1.88 bits per heavy atom. The van der Waals surface area contributed by atoms with Crippen molar-refractivity contribution in [1.29, 1.82) is 0 Å². The number of nitrogens with one attached hydrogen (secondary N) is 1. The molecule has 25 heavy (non-hydrogen) atoms. The average Bonchev–Trinajstić information content (AvgIpc) is 3.08. The highest BCUT2D eigenvalue weighted by atomic mass is 35.5. The zero-order valence-electron chi connectivity index (χ0n) is 14.5. The molecule has 2 unspecified atom stereocenters. The number of rotatable bonds is 11. The molecule has 1 aromatic carbocycles. The second-order valence-electron chi connectivity index (χ2n) is 6.32. The highest BCUT2D eigenvalue weighted by Crippen LogP contribution is 2.22. The van der Waals surface area contributed by atoms with Gasteiger partial charge < -0.3 is 15.2 Å². The predicted molar refractivity (Wildman–Crippen MR) is 101 cm³/mol. The lowest BCUT2D eigenvalue weighted by Gasteiger charge is -2.16. The maximum absolute atomic E-state index is 11.1. The van der Waals surface area contributed by atoms with Crippen molar-refractivity contribution in [2.24, 2.45) is 4.99 Å². The van der Waals surface area contributed by atoms with E-state index >= 15 is 0 Å². The molecule has 1 aromatic rings. The summed E-state index contributed by atoms with van der Waals surface area (Å²) in [6.07, 6.45) is 6.98. The van der Waals surface area contributed by atoms with Crippen LogP contribution in [-0.2, 0) is 4.74 Å². The third kappa shape index (κ3) is 6.94. The maximum atomic E-state index is 11.1. The van der Waals surface area contributed by atoms with Gasteiger partial charge in [-0.05, 0) is 18.4 Å². The average molecular weight is 367 g/mol. The smallest absolute Gasteiger partial charge is 0.405 e. The van der Waals surface area contributed by atoms with Crippen LogP contribution >= 0.6 is 11.6 Å². The number of benzene rings is 1. The van der Waals surface area contributed by atoms with E-state index in [9.17, 15) is 4.79 Å². The molecule has 0 bridgehead atoms. The van der Waals surface area contributed by atoms with Gasteiger partial charge in [-0.3, -0.25) is 0 Å². The first-order chi connectivity index (χ1) is 12.2. The van der Waals surface area contributed by atoms with Crippen LogP contribution in [0.25, 0.3) is 0 Å². The maximum Gasteiger partial charge on any atom is 0.405 e. The van der Waals surface area contributed by atoms with Crippen molar-refractivity contribution in [2.75, 3.05) is 12.5 Å². The minimum absolute atomic E-state index is 0.125. The molecule has 0 spiro atoms. The molecule has 0 aliphatic carbocycles. The Hall–Kier alpha value is -1.75. The van der Waals surface area contributed by atoms with Crippen LogP contribution in [0.1, 0.15) is 56.6 Å². The number of alkyl halides is 1. The van der Waals surface area contributed by atoms with Gasteiger partial charge in [0.05, 0.1) is 6.04 Å². The number of nitrogens with zero attached hydrogens (tertiary/aromatic N) is 1. The second kappa shape index (κ2) is 11.0. The Kier molecular flexibility index (Phi) is 8.60. The number of hydrogen-bond donors (Lipinski definition) is 2. The van der Waals surface area contributed by atoms with Crippen molar-refractivity contribution in [2.45, 2.75) is 57.0 Å². The second-order valence-corrected chi connectivity index (χ2v) is 6.70. The molecule has 0 fully saturated rings. The number of ether oxygens (including phenoxy) is 1. The van der Waals surface area contributed by atoms with E-state index in [-0.39, 0.29) is 6.04 Å². The van der Waals surface area contributed by atoms with Crippen LogP contribution in [0, 0.1) is 0 Å². The fourth-order valence-corrected chi connectivity index (χ4v) is 3.17. The molecule has 138 valence electrons. The monoisotopic (exact) mass is 366 g/mol. The molecule has 2 rings (SSSR count). The van der Waals surface area contributed by atoms with Crippen LogP contribution in [0.4, 0.5) is 4.79 Å². The van der Waals surface area contributed by atoms with Gasteiger partial charge >= 0.3 is 6.09 Å². The van der Waals surface area contributed by atoms with E-state index in [2.05, 4.69) is 10.3 Å². The summed E-state index contributed by atoms with van der Waals surface area (Å²) < 4.78 is 5.70. The molecule has 1 heterocycles. The van der Waals surface area contributed by atoms with Gasteiger partial charge in [-0.15, -0.1) is 11.6 Å². The van der Waals surface area contributed by atoms with Gasteiger partial charge in [0.15, 0.2) is 0 Å². The zero-order valence-corrected chi connectivity index (χ0v) is 15.3. The van der Waals surface area contributed by atoms with Crippen molar-refractivity contribution in [3.8, 4) is 0 Å². The number of amides is 1. The third-order valence-electron chi connectivity index (χ3n) is 4.30. The molecule has 1 aliphatic heterocycles. The van der Waals surface area contributed by atoms with Crippen molar-refractivity contribution in [3.63, 3.8) is 0 Å². The van der Waals surface area contributed by atoms with Gasteiger partial charge in [0.1, 0.15) is 12.6 Å². The number of aliphatic imine (C=N–C) groups is 1. The zero-order chi connectivity index (χ0) is 17.9. The van der Waals surface area contributed by atoms with E-state index < -0.39 is 12.1 Å². The molecule has 2 N–H and O–H groups in total. The number of carbonyl (C=O) groups is 1. The number of carboxylic acid groups (broad SMARTS) is 1. The lowest BCUT2D eigenvalue weighted by Crippen LogP contribution is -2.32. The fourth-order valence-electron chi connectivity index (χ4n) is 2.98. The topological polar surface area (TPSA) is 70.9 Å². The largest absolute Gasteiger partial charge is 0.477 e. The van der Waals surface area contributed by atoms with Crippen LogP contribution in [0.5, 0.6) is 0 Å². The molecule has 0 radical (unpaired) electrons. The van der Waals surface area contributed by atoms with Gasteiger partial charge in [-0.1, -0.05) is 62.4 Å². The summed E-state index contributed by atoms with van der Waals surface area (Å²) in [7, 11) is 0. The highest BCUT2D eigenvalue weighted by molar-refractivity contribution is 6.17. The van der Waals surface area contributed by atoms with Gasteiger partial charge in [0, 0.05) is 5.88 Å². The van der Waals surface area contributed by atoms with E-state index in [1.165, 1.54) is 25.7 Å². The molecule has 1 aliphatic rings. The molecule has 2 atom stereocenters. The van der Waals surface area contributed by atoms with Crippen LogP contribution in [-0.4, -0.2) is 35.6 Å². The van der Waals surface area contributed by atoms with E-state index in [1.54, 1.807) is 0 Å².